The molecule has 0 aromatic heterocycles. The Morgan fingerprint density at radius 3 is 1.57 bits per heavy atom. The van der Waals surface area contributed by atoms with E-state index in [0.29, 0.717) is 19.1 Å². The van der Waals surface area contributed by atoms with Crippen molar-refractivity contribution in [1.82, 2.24) is 0 Å². The fraction of sp³-hybridized carbons (Fsp3) is 0.882. The highest BCUT2D eigenvalue weighted by Crippen LogP contribution is 2.04. The molecule has 0 rings (SSSR count). The Kier molecular flexibility index (Phi) is 14.7. The summed E-state index contributed by atoms with van der Waals surface area (Å²) in [6.07, 6.45) is 2.63. The fourth-order valence-corrected chi connectivity index (χ4v) is 1.07. The van der Waals surface area contributed by atoms with Crippen LogP contribution in [0, 0.1) is 17.8 Å². The molecule has 2 unspecified atom stereocenters. The van der Waals surface area contributed by atoms with E-state index < -0.39 is 0 Å². The number of carbonyl (C=O) groups is 2. The highest BCUT2D eigenvalue weighted by atomic mass is 16.5. The van der Waals surface area contributed by atoms with Gasteiger partial charge in [0.25, 0.3) is 0 Å². The molecule has 0 aromatic carbocycles. The van der Waals surface area contributed by atoms with E-state index in [1.807, 2.05) is 48.5 Å². The van der Waals surface area contributed by atoms with Crippen molar-refractivity contribution >= 4 is 11.9 Å². The van der Waals surface area contributed by atoms with Gasteiger partial charge >= 0.3 is 11.9 Å². The summed E-state index contributed by atoms with van der Waals surface area (Å²) in [6, 6.07) is 0. The largest absolute Gasteiger partial charge is 0.465 e. The monoisotopic (exact) mass is 302 g/mol. The van der Waals surface area contributed by atoms with Gasteiger partial charge in [-0.2, -0.15) is 0 Å². The first-order valence-corrected chi connectivity index (χ1v) is 8.13. The maximum Gasteiger partial charge on any atom is 0.308 e. The van der Waals surface area contributed by atoms with Crippen LogP contribution in [0.5, 0.6) is 0 Å². The summed E-state index contributed by atoms with van der Waals surface area (Å²) in [7, 11) is 0. The molecule has 2 atom stereocenters. The van der Waals surface area contributed by atoms with E-state index in [1.54, 1.807) is 0 Å². The Morgan fingerprint density at radius 2 is 1.24 bits per heavy atom. The van der Waals surface area contributed by atoms with Crippen molar-refractivity contribution in [3.8, 4) is 0 Å². The maximum absolute atomic E-state index is 11.1. The minimum absolute atomic E-state index is 0.0498. The number of hydrogen-bond donors (Lipinski definition) is 0. The molecule has 0 aliphatic rings. The average Bonchev–Trinajstić information content (AvgIpc) is 2.48. The Bertz CT molecular complexity index is 274. The number of carbonyl (C=O) groups excluding carboxylic acids is 2. The van der Waals surface area contributed by atoms with Crippen LogP contribution < -0.4 is 0 Å². The molecule has 126 valence electrons. The topological polar surface area (TPSA) is 52.6 Å². The smallest absolute Gasteiger partial charge is 0.308 e. The van der Waals surface area contributed by atoms with Gasteiger partial charge in [-0.25, -0.2) is 0 Å². The van der Waals surface area contributed by atoms with E-state index in [4.69, 9.17) is 9.47 Å². The number of esters is 2. The zero-order valence-electron chi connectivity index (χ0n) is 14.9. The minimum atomic E-state index is -0.0683. The summed E-state index contributed by atoms with van der Waals surface area (Å²) in [6.45, 7) is 14.9. The van der Waals surface area contributed by atoms with Crippen molar-refractivity contribution in [3.05, 3.63) is 0 Å². The number of rotatable bonds is 8. The summed E-state index contributed by atoms with van der Waals surface area (Å²) in [5.74, 6) is 0.411. The van der Waals surface area contributed by atoms with E-state index in [1.165, 1.54) is 0 Å². The Balaban J connectivity index is 0. The quantitative estimate of drug-likeness (QED) is 0.630. The molecule has 0 aliphatic heterocycles. The lowest BCUT2D eigenvalue weighted by atomic mass is 10.1. The van der Waals surface area contributed by atoms with E-state index in [9.17, 15) is 9.59 Å². The van der Waals surface area contributed by atoms with Gasteiger partial charge < -0.3 is 9.47 Å². The van der Waals surface area contributed by atoms with Crippen molar-refractivity contribution in [2.75, 3.05) is 13.2 Å². The van der Waals surface area contributed by atoms with Gasteiger partial charge in [-0.05, 0) is 25.2 Å². The van der Waals surface area contributed by atoms with Crippen LogP contribution in [0.15, 0.2) is 0 Å². The summed E-state index contributed by atoms with van der Waals surface area (Å²) in [5.41, 5.74) is 0. The van der Waals surface area contributed by atoms with Gasteiger partial charge in [0.2, 0.25) is 0 Å². The van der Waals surface area contributed by atoms with Crippen LogP contribution in [-0.2, 0) is 19.1 Å². The first-order valence-electron chi connectivity index (χ1n) is 8.13. The van der Waals surface area contributed by atoms with Crippen LogP contribution in [0.25, 0.3) is 0 Å². The lowest BCUT2D eigenvalue weighted by Gasteiger charge is -2.10. The van der Waals surface area contributed by atoms with Gasteiger partial charge in [0.1, 0.15) is 0 Å². The van der Waals surface area contributed by atoms with Crippen molar-refractivity contribution in [3.63, 3.8) is 0 Å². The first-order chi connectivity index (χ1) is 9.79. The molecule has 4 nitrogen and oxygen atoms in total. The van der Waals surface area contributed by atoms with Gasteiger partial charge in [-0.1, -0.05) is 48.5 Å². The summed E-state index contributed by atoms with van der Waals surface area (Å²) >= 11 is 0. The van der Waals surface area contributed by atoms with Gasteiger partial charge in [-0.3, -0.25) is 9.59 Å². The van der Waals surface area contributed by atoms with Gasteiger partial charge in [0.15, 0.2) is 0 Å². The van der Waals surface area contributed by atoms with Crippen LogP contribution in [0.2, 0.25) is 0 Å². The normalized spacial score (nSPS) is 13.0. The lowest BCUT2D eigenvalue weighted by Crippen LogP contribution is -2.16. The second-order valence-corrected chi connectivity index (χ2v) is 5.81. The molecule has 0 fully saturated rings. The summed E-state index contributed by atoms with van der Waals surface area (Å²) in [5, 5.41) is 0. The van der Waals surface area contributed by atoms with Crippen molar-refractivity contribution < 1.29 is 19.1 Å². The molecule has 0 aliphatic carbocycles. The van der Waals surface area contributed by atoms with E-state index in [0.717, 1.165) is 19.3 Å². The molecule has 0 N–H and O–H groups in total. The van der Waals surface area contributed by atoms with Gasteiger partial charge in [-0.15, -0.1) is 0 Å². The molecular formula is C17H34O4. The molecule has 0 amide bonds. The fourth-order valence-electron chi connectivity index (χ4n) is 1.07. The zero-order valence-corrected chi connectivity index (χ0v) is 14.9. The van der Waals surface area contributed by atoms with Crippen LogP contribution in [-0.4, -0.2) is 25.2 Å². The van der Waals surface area contributed by atoms with Gasteiger partial charge in [0.05, 0.1) is 25.0 Å². The SMILES string of the molecule is CCC(C)C(=O)OCC(C)C.CCCOC(=O)C(C)CC. The van der Waals surface area contributed by atoms with Crippen LogP contribution in [0.3, 0.4) is 0 Å². The van der Waals surface area contributed by atoms with Crippen LogP contribution >= 0.6 is 0 Å². The molecule has 0 spiro atoms. The molecule has 0 saturated heterocycles. The molecular weight excluding hydrogens is 268 g/mol. The zero-order chi connectivity index (χ0) is 16.8. The molecule has 4 heteroatoms. The Hall–Kier alpha value is -1.06. The van der Waals surface area contributed by atoms with E-state index in [-0.39, 0.29) is 23.8 Å². The molecule has 0 saturated carbocycles. The third-order valence-electron chi connectivity index (χ3n) is 3.04. The average molecular weight is 302 g/mol. The molecule has 21 heavy (non-hydrogen) atoms. The Labute approximate surface area is 130 Å². The van der Waals surface area contributed by atoms with Crippen molar-refractivity contribution in [2.24, 2.45) is 17.8 Å². The third-order valence-corrected chi connectivity index (χ3v) is 3.04. The van der Waals surface area contributed by atoms with Crippen molar-refractivity contribution in [1.29, 1.82) is 0 Å². The van der Waals surface area contributed by atoms with Crippen LogP contribution in [0.4, 0.5) is 0 Å². The first kappa shape index (κ1) is 22.2. The standard InChI is InChI=1S/C9H18O2.C8H16O2/c1-5-8(4)9(10)11-6-7(2)3;1-4-6-10-8(9)7(3)5-2/h7-8H,5-6H2,1-4H3;7H,4-6H2,1-3H3. The van der Waals surface area contributed by atoms with Gasteiger partial charge in [0, 0.05) is 0 Å². The molecule has 0 bridgehead atoms. The second kappa shape index (κ2) is 13.9. The predicted octanol–water partition coefficient (Wildman–Crippen LogP) is 4.22. The van der Waals surface area contributed by atoms with Crippen molar-refractivity contribution in [2.45, 2.75) is 67.7 Å². The summed E-state index contributed by atoms with van der Waals surface area (Å²) in [4.78, 5) is 22.0. The maximum atomic E-state index is 11.1. The Morgan fingerprint density at radius 1 is 0.810 bits per heavy atom. The molecule has 0 aromatic rings. The highest BCUT2D eigenvalue weighted by molar-refractivity contribution is 5.72. The number of ether oxygens (including phenoxy) is 2. The third kappa shape index (κ3) is 13.7. The lowest BCUT2D eigenvalue weighted by molar-refractivity contribution is -0.149. The van der Waals surface area contributed by atoms with Crippen LogP contribution in [0.1, 0.15) is 67.7 Å². The second-order valence-electron chi connectivity index (χ2n) is 5.81. The summed E-state index contributed by atoms with van der Waals surface area (Å²) < 4.78 is 9.92. The predicted molar refractivity (Wildman–Crippen MR) is 86.0 cm³/mol. The minimum Gasteiger partial charge on any atom is -0.465 e. The molecule has 0 radical (unpaired) electrons. The van der Waals surface area contributed by atoms with E-state index >= 15 is 0 Å². The van der Waals surface area contributed by atoms with E-state index in [2.05, 4.69) is 0 Å². The molecule has 0 heterocycles. The highest BCUT2D eigenvalue weighted by Gasteiger charge is 2.11. The number of hydrogen-bond acceptors (Lipinski definition) is 4.